The number of thioether (sulfide) groups is 1. The number of anilines is 1. The number of aryl methyl sites for hydroxylation is 1. The summed E-state index contributed by atoms with van der Waals surface area (Å²) >= 11 is 7.48. The number of rotatable bonds is 8. The highest BCUT2D eigenvalue weighted by Crippen LogP contribution is 2.30. The lowest BCUT2D eigenvalue weighted by Crippen LogP contribution is -2.27. The predicted octanol–water partition coefficient (Wildman–Crippen LogP) is 5.76. The van der Waals surface area contributed by atoms with E-state index in [1.54, 1.807) is 18.2 Å². The van der Waals surface area contributed by atoms with Gasteiger partial charge in [-0.25, -0.2) is 0 Å². The maximum atomic E-state index is 12.5. The van der Waals surface area contributed by atoms with E-state index in [4.69, 9.17) is 11.6 Å². The van der Waals surface area contributed by atoms with E-state index in [0.29, 0.717) is 29.4 Å². The van der Waals surface area contributed by atoms with Gasteiger partial charge in [0.1, 0.15) is 0 Å². The number of benzene rings is 3. The molecule has 0 aliphatic heterocycles. The van der Waals surface area contributed by atoms with Gasteiger partial charge in [-0.3, -0.25) is 9.59 Å². The maximum absolute atomic E-state index is 12.5. The third kappa shape index (κ3) is 5.78. The second-order valence-electron chi connectivity index (χ2n) is 7.62. The van der Waals surface area contributed by atoms with Gasteiger partial charge in [0, 0.05) is 51.4 Å². The van der Waals surface area contributed by atoms with E-state index in [9.17, 15) is 9.59 Å². The van der Waals surface area contributed by atoms with Crippen LogP contribution in [-0.2, 0) is 11.3 Å². The van der Waals surface area contributed by atoms with Gasteiger partial charge in [-0.15, -0.1) is 11.8 Å². The van der Waals surface area contributed by atoms with Crippen LogP contribution in [0.5, 0.6) is 0 Å². The van der Waals surface area contributed by atoms with Crippen molar-refractivity contribution in [3.8, 4) is 0 Å². The molecule has 0 saturated heterocycles. The lowest BCUT2D eigenvalue weighted by atomic mass is 10.1. The summed E-state index contributed by atoms with van der Waals surface area (Å²) in [7, 11) is 0. The Labute approximate surface area is 202 Å². The quantitative estimate of drug-likeness (QED) is 0.317. The largest absolute Gasteiger partial charge is 0.350 e. The number of para-hydroxylation sites is 1. The van der Waals surface area contributed by atoms with Crippen LogP contribution in [-0.4, -0.2) is 28.7 Å². The fourth-order valence-electron chi connectivity index (χ4n) is 3.63. The van der Waals surface area contributed by atoms with Crippen LogP contribution >= 0.6 is 23.4 Å². The molecule has 5 nitrogen and oxygen atoms in total. The van der Waals surface area contributed by atoms with Crippen LogP contribution in [0.4, 0.5) is 5.69 Å². The molecule has 7 heteroatoms. The van der Waals surface area contributed by atoms with Crippen LogP contribution in [0.25, 0.3) is 10.9 Å². The zero-order chi connectivity index (χ0) is 23.2. The smallest absolute Gasteiger partial charge is 0.251 e. The van der Waals surface area contributed by atoms with Gasteiger partial charge in [0.05, 0.1) is 5.75 Å². The molecule has 4 aromatic rings. The van der Waals surface area contributed by atoms with Crippen molar-refractivity contribution < 1.29 is 9.59 Å². The third-order valence-corrected chi connectivity index (χ3v) is 6.53. The molecule has 4 rings (SSSR count). The van der Waals surface area contributed by atoms with E-state index in [1.807, 2.05) is 55.6 Å². The maximum Gasteiger partial charge on any atom is 0.251 e. The monoisotopic (exact) mass is 477 g/mol. The van der Waals surface area contributed by atoms with E-state index < -0.39 is 0 Å². The summed E-state index contributed by atoms with van der Waals surface area (Å²) in [5.41, 5.74) is 3.40. The molecule has 0 radical (unpaired) electrons. The molecule has 0 aliphatic carbocycles. The lowest BCUT2D eigenvalue weighted by Gasteiger charge is -2.09. The number of carbonyl (C=O) groups excluding carboxylic acids is 2. The number of hydrogen-bond donors (Lipinski definition) is 2. The Bertz CT molecular complexity index is 1300. The highest BCUT2D eigenvalue weighted by molar-refractivity contribution is 8.00. The molecule has 1 aromatic heterocycles. The first-order valence-electron chi connectivity index (χ1n) is 10.6. The first kappa shape index (κ1) is 23.0. The van der Waals surface area contributed by atoms with Crippen molar-refractivity contribution in [3.63, 3.8) is 0 Å². The third-order valence-electron chi connectivity index (χ3n) is 5.25. The molecule has 0 spiro atoms. The summed E-state index contributed by atoms with van der Waals surface area (Å²) in [6.07, 6.45) is 2.04. The van der Waals surface area contributed by atoms with Crippen LogP contribution in [0, 0.1) is 6.92 Å². The minimum Gasteiger partial charge on any atom is -0.350 e. The van der Waals surface area contributed by atoms with Crippen LogP contribution < -0.4 is 10.6 Å². The molecule has 0 unspecified atom stereocenters. The zero-order valence-electron chi connectivity index (χ0n) is 18.2. The van der Waals surface area contributed by atoms with Gasteiger partial charge < -0.3 is 15.2 Å². The normalized spacial score (nSPS) is 10.8. The second kappa shape index (κ2) is 10.6. The number of fused-ring (bicyclic) bond motifs is 1. The molecule has 3 aromatic carbocycles. The number of aromatic nitrogens is 1. The van der Waals surface area contributed by atoms with Gasteiger partial charge >= 0.3 is 0 Å². The van der Waals surface area contributed by atoms with Crippen molar-refractivity contribution in [2.24, 2.45) is 0 Å². The number of halogens is 1. The van der Waals surface area contributed by atoms with E-state index in [-0.39, 0.29) is 17.6 Å². The molecule has 2 amide bonds. The standard InChI is InChI=1S/C26H24ClN3O2S/c1-18-7-2-3-10-21(18)26(32)28-13-14-30-16-24(22-11-4-5-12-23(22)30)33-17-25(31)29-20-9-6-8-19(27)15-20/h2-12,15-16H,13-14,17H2,1H3,(H,28,32)(H,29,31). The molecule has 0 fully saturated rings. The van der Waals surface area contributed by atoms with E-state index in [0.717, 1.165) is 21.4 Å². The van der Waals surface area contributed by atoms with Gasteiger partial charge in [-0.2, -0.15) is 0 Å². The average Bonchev–Trinajstić information content (AvgIpc) is 3.16. The number of nitrogens with one attached hydrogen (secondary N) is 2. The molecule has 0 saturated carbocycles. The van der Waals surface area contributed by atoms with E-state index in [1.165, 1.54) is 11.8 Å². The Balaban J connectivity index is 1.39. The molecule has 0 bridgehead atoms. The SMILES string of the molecule is Cc1ccccc1C(=O)NCCn1cc(SCC(=O)Nc2cccc(Cl)c2)c2ccccc21. The Morgan fingerprint density at radius 2 is 1.79 bits per heavy atom. The summed E-state index contributed by atoms with van der Waals surface area (Å²) in [6.45, 7) is 3.07. The van der Waals surface area contributed by atoms with Gasteiger partial charge in [-0.1, -0.05) is 54.1 Å². The van der Waals surface area contributed by atoms with Gasteiger partial charge in [0.15, 0.2) is 0 Å². The zero-order valence-corrected chi connectivity index (χ0v) is 19.7. The average molecular weight is 478 g/mol. The second-order valence-corrected chi connectivity index (χ2v) is 9.08. The molecule has 168 valence electrons. The van der Waals surface area contributed by atoms with Crippen LogP contribution in [0.1, 0.15) is 15.9 Å². The minimum atomic E-state index is -0.0930. The highest BCUT2D eigenvalue weighted by Gasteiger charge is 2.12. The van der Waals surface area contributed by atoms with Crippen molar-refractivity contribution in [1.29, 1.82) is 0 Å². The molecule has 0 aliphatic rings. The predicted molar refractivity (Wildman–Crippen MR) is 136 cm³/mol. The first-order chi connectivity index (χ1) is 16.0. The molecular weight excluding hydrogens is 454 g/mol. The van der Waals surface area contributed by atoms with Gasteiger partial charge in [0.25, 0.3) is 5.91 Å². The Morgan fingerprint density at radius 3 is 2.61 bits per heavy atom. The van der Waals surface area contributed by atoms with E-state index >= 15 is 0 Å². The van der Waals surface area contributed by atoms with Crippen LogP contribution in [0.2, 0.25) is 5.02 Å². The topological polar surface area (TPSA) is 63.1 Å². The fraction of sp³-hybridized carbons (Fsp3) is 0.154. The molecule has 0 atom stereocenters. The Hall–Kier alpha value is -3.22. The Morgan fingerprint density at radius 1 is 1.00 bits per heavy atom. The fourth-order valence-corrected chi connectivity index (χ4v) is 4.71. The summed E-state index contributed by atoms with van der Waals surface area (Å²) < 4.78 is 2.12. The number of nitrogens with zero attached hydrogens (tertiary/aromatic N) is 1. The molecular formula is C26H24ClN3O2S. The molecule has 2 N–H and O–H groups in total. The van der Waals surface area contributed by atoms with Crippen molar-refractivity contribution in [3.05, 3.63) is 95.1 Å². The van der Waals surface area contributed by atoms with E-state index in [2.05, 4.69) is 27.3 Å². The molecule has 33 heavy (non-hydrogen) atoms. The van der Waals surface area contributed by atoms with Gasteiger partial charge in [0.2, 0.25) is 5.91 Å². The van der Waals surface area contributed by atoms with Crippen molar-refractivity contribution >= 4 is 51.8 Å². The van der Waals surface area contributed by atoms with Crippen LogP contribution in [0.15, 0.2) is 83.9 Å². The summed E-state index contributed by atoms with van der Waals surface area (Å²) in [4.78, 5) is 25.9. The summed E-state index contributed by atoms with van der Waals surface area (Å²) in [5, 5.41) is 7.55. The minimum absolute atomic E-state index is 0.0724. The number of amides is 2. The summed E-state index contributed by atoms with van der Waals surface area (Å²) in [5.74, 6) is 0.117. The highest BCUT2D eigenvalue weighted by atomic mass is 35.5. The lowest BCUT2D eigenvalue weighted by molar-refractivity contribution is -0.113. The van der Waals surface area contributed by atoms with Crippen molar-refractivity contribution in [2.75, 3.05) is 17.6 Å². The van der Waals surface area contributed by atoms with Crippen LogP contribution in [0.3, 0.4) is 0 Å². The number of hydrogen-bond acceptors (Lipinski definition) is 3. The van der Waals surface area contributed by atoms with Crippen molar-refractivity contribution in [2.45, 2.75) is 18.4 Å². The Kier molecular flexibility index (Phi) is 7.37. The first-order valence-corrected chi connectivity index (χ1v) is 12.0. The van der Waals surface area contributed by atoms with Gasteiger partial charge in [-0.05, 0) is 42.8 Å². The molecule has 1 heterocycles. The summed E-state index contributed by atoms with van der Waals surface area (Å²) in [6, 6.07) is 22.7. The van der Waals surface area contributed by atoms with Crippen molar-refractivity contribution in [1.82, 2.24) is 9.88 Å². The number of carbonyl (C=O) groups is 2.